The first kappa shape index (κ1) is 9.17. The Kier molecular flexibility index (Phi) is 3.20. The lowest BCUT2D eigenvalue weighted by atomic mass is 10.3. The largest absolute Gasteiger partial charge is 0.548 e. The van der Waals surface area contributed by atoms with E-state index in [4.69, 9.17) is 10.3 Å². The van der Waals surface area contributed by atoms with Crippen molar-refractivity contribution in [2.75, 3.05) is 12.3 Å². The van der Waals surface area contributed by atoms with Gasteiger partial charge in [0.1, 0.15) is 6.61 Å². The van der Waals surface area contributed by atoms with Crippen LogP contribution in [0.25, 0.3) is 0 Å². The summed E-state index contributed by atoms with van der Waals surface area (Å²) in [5, 5.41) is 0.645. The van der Waals surface area contributed by atoms with E-state index in [2.05, 4.69) is 0 Å². The van der Waals surface area contributed by atoms with Crippen LogP contribution in [0.1, 0.15) is 6.92 Å². The van der Waals surface area contributed by atoms with Gasteiger partial charge in [0.05, 0.1) is 0 Å². The molecular formula is C8H11NO2P+. The molecule has 0 amide bonds. The van der Waals surface area contributed by atoms with Gasteiger partial charge in [-0.2, -0.15) is 0 Å². The summed E-state index contributed by atoms with van der Waals surface area (Å²) >= 11 is 0. The maximum atomic E-state index is 11.3. The van der Waals surface area contributed by atoms with Crippen LogP contribution >= 0.6 is 8.03 Å². The van der Waals surface area contributed by atoms with Crippen molar-refractivity contribution in [2.24, 2.45) is 0 Å². The summed E-state index contributed by atoms with van der Waals surface area (Å²) in [6.07, 6.45) is 0. The summed E-state index contributed by atoms with van der Waals surface area (Å²) in [5.41, 5.74) is 6.12. The fraction of sp³-hybridized carbons (Fsp3) is 0.250. The molecule has 0 heterocycles. The van der Waals surface area contributed by atoms with Crippen LogP contribution in [-0.2, 0) is 9.09 Å². The molecule has 1 aromatic carbocycles. The predicted molar refractivity (Wildman–Crippen MR) is 49.7 cm³/mol. The van der Waals surface area contributed by atoms with Gasteiger partial charge in [0, 0.05) is 11.8 Å². The molecule has 0 aromatic heterocycles. The highest BCUT2D eigenvalue weighted by Crippen LogP contribution is 2.21. The Balaban J connectivity index is 2.81. The van der Waals surface area contributed by atoms with Gasteiger partial charge < -0.3 is 5.73 Å². The number of hydrogen-bond acceptors (Lipinski definition) is 3. The van der Waals surface area contributed by atoms with Crippen molar-refractivity contribution >= 4 is 19.0 Å². The Morgan fingerprint density at radius 3 is 2.92 bits per heavy atom. The second-order valence-electron chi connectivity index (χ2n) is 2.27. The molecule has 0 aliphatic heterocycles. The van der Waals surface area contributed by atoms with Crippen molar-refractivity contribution in [3.05, 3.63) is 24.3 Å². The van der Waals surface area contributed by atoms with E-state index in [1.54, 1.807) is 31.2 Å². The molecule has 2 N–H and O–H groups in total. The molecular weight excluding hydrogens is 173 g/mol. The van der Waals surface area contributed by atoms with Crippen LogP contribution in [0.15, 0.2) is 24.3 Å². The number of nitrogens with two attached hydrogens (primary N) is 1. The molecule has 0 spiro atoms. The summed E-state index contributed by atoms with van der Waals surface area (Å²) in [6.45, 7) is 2.25. The van der Waals surface area contributed by atoms with Gasteiger partial charge in [-0.3, -0.25) is 0 Å². The average molecular weight is 184 g/mol. The third kappa shape index (κ3) is 2.29. The van der Waals surface area contributed by atoms with Crippen LogP contribution in [0.5, 0.6) is 0 Å². The molecule has 1 aromatic rings. The van der Waals surface area contributed by atoms with E-state index >= 15 is 0 Å². The minimum absolute atomic E-state index is 0.448. The molecule has 1 atom stereocenters. The lowest BCUT2D eigenvalue weighted by Gasteiger charge is -1.89. The Bertz CT molecular complexity index is 288. The number of anilines is 1. The van der Waals surface area contributed by atoms with Gasteiger partial charge in [0.25, 0.3) is 0 Å². The zero-order valence-corrected chi connectivity index (χ0v) is 7.75. The third-order valence-corrected chi connectivity index (χ3v) is 2.52. The fourth-order valence-electron chi connectivity index (χ4n) is 0.830. The van der Waals surface area contributed by atoms with Gasteiger partial charge in [0.15, 0.2) is 0 Å². The number of rotatable bonds is 3. The molecule has 3 nitrogen and oxygen atoms in total. The molecule has 4 heteroatoms. The van der Waals surface area contributed by atoms with E-state index in [0.29, 0.717) is 17.6 Å². The first-order valence-corrected chi connectivity index (χ1v) is 4.87. The Morgan fingerprint density at radius 2 is 2.33 bits per heavy atom. The highest BCUT2D eigenvalue weighted by atomic mass is 31.1. The summed E-state index contributed by atoms with van der Waals surface area (Å²) in [6, 6.07) is 6.91. The molecule has 0 aliphatic rings. The summed E-state index contributed by atoms with van der Waals surface area (Å²) in [5.74, 6) is 0. The topological polar surface area (TPSA) is 52.3 Å². The molecule has 0 radical (unpaired) electrons. The second-order valence-corrected chi connectivity index (χ2v) is 3.56. The predicted octanol–water partition coefficient (Wildman–Crippen LogP) is 1.67. The normalized spacial score (nSPS) is 11.2. The molecule has 0 bridgehead atoms. The molecule has 1 rings (SSSR count). The van der Waals surface area contributed by atoms with E-state index in [-0.39, 0.29) is 0 Å². The number of benzene rings is 1. The van der Waals surface area contributed by atoms with Gasteiger partial charge in [-0.15, -0.1) is 4.52 Å². The standard InChI is InChI=1S/C8H11NO2P/c1-2-11-12(10)8-5-3-4-7(9)6-8/h3-6H,2,9H2,1H3/q+1. The minimum Gasteiger partial charge on any atom is -0.399 e. The third-order valence-electron chi connectivity index (χ3n) is 1.33. The van der Waals surface area contributed by atoms with Gasteiger partial charge in [-0.25, -0.2) is 0 Å². The fourth-order valence-corrected chi connectivity index (χ4v) is 1.68. The quantitative estimate of drug-likeness (QED) is 0.574. The molecule has 12 heavy (non-hydrogen) atoms. The van der Waals surface area contributed by atoms with Crippen LogP contribution < -0.4 is 11.0 Å². The second kappa shape index (κ2) is 4.19. The highest BCUT2D eigenvalue weighted by molar-refractivity contribution is 7.48. The van der Waals surface area contributed by atoms with Crippen LogP contribution in [-0.4, -0.2) is 6.61 Å². The van der Waals surface area contributed by atoms with E-state index in [9.17, 15) is 4.57 Å². The van der Waals surface area contributed by atoms with E-state index in [1.807, 2.05) is 0 Å². The number of nitrogen functional groups attached to an aromatic ring is 1. The molecule has 64 valence electrons. The summed E-state index contributed by atoms with van der Waals surface area (Å²) in [7, 11) is -1.72. The maximum Gasteiger partial charge on any atom is 0.548 e. The van der Waals surface area contributed by atoms with Crippen molar-refractivity contribution in [1.82, 2.24) is 0 Å². The molecule has 0 saturated carbocycles. The van der Waals surface area contributed by atoms with E-state index < -0.39 is 8.03 Å². The molecule has 0 saturated heterocycles. The first-order chi connectivity index (χ1) is 5.74. The Morgan fingerprint density at radius 1 is 1.58 bits per heavy atom. The Labute approximate surface area is 72.4 Å². The molecule has 1 unspecified atom stereocenters. The maximum absolute atomic E-state index is 11.3. The Hall–Kier alpha value is -0.920. The smallest absolute Gasteiger partial charge is 0.399 e. The van der Waals surface area contributed by atoms with Crippen LogP contribution in [0.4, 0.5) is 5.69 Å². The SMILES string of the molecule is CCO[P+](=O)c1cccc(N)c1. The highest BCUT2D eigenvalue weighted by Gasteiger charge is 2.20. The monoisotopic (exact) mass is 184 g/mol. The lowest BCUT2D eigenvalue weighted by molar-refractivity contribution is 0.357. The zero-order chi connectivity index (χ0) is 8.97. The van der Waals surface area contributed by atoms with Crippen LogP contribution in [0.2, 0.25) is 0 Å². The van der Waals surface area contributed by atoms with Crippen molar-refractivity contribution in [2.45, 2.75) is 6.92 Å². The average Bonchev–Trinajstić information content (AvgIpc) is 2.05. The molecule has 0 fully saturated rings. The molecule has 0 aliphatic carbocycles. The van der Waals surface area contributed by atoms with Crippen molar-refractivity contribution in [1.29, 1.82) is 0 Å². The van der Waals surface area contributed by atoms with Gasteiger partial charge in [0.2, 0.25) is 5.30 Å². The van der Waals surface area contributed by atoms with Crippen molar-refractivity contribution in [3.8, 4) is 0 Å². The van der Waals surface area contributed by atoms with Crippen molar-refractivity contribution < 1.29 is 9.09 Å². The van der Waals surface area contributed by atoms with Crippen molar-refractivity contribution in [3.63, 3.8) is 0 Å². The summed E-state index contributed by atoms with van der Waals surface area (Å²) < 4.78 is 16.2. The lowest BCUT2D eigenvalue weighted by Crippen LogP contribution is -1.99. The number of hydrogen-bond donors (Lipinski definition) is 1. The van der Waals surface area contributed by atoms with Gasteiger partial charge in [-0.05, 0) is 23.6 Å². The van der Waals surface area contributed by atoms with Crippen LogP contribution in [0, 0.1) is 0 Å². The van der Waals surface area contributed by atoms with Gasteiger partial charge >= 0.3 is 8.03 Å². The van der Waals surface area contributed by atoms with E-state index in [0.717, 1.165) is 0 Å². The van der Waals surface area contributed by atoms with Gasteiger partial charge in [-0.1, -0.05) is 6.07 Å². The van der Waals surface area contributed by atoms with E-state index in [1.165, 1.54) is 0 Å². The first-order valence-electron chi connectivity index (χ1n) is 3.69. The van der Waals surface area contributed by atoms with Crippen LogP contribution in [0.3, 0.4) is 0 Å². The minimum atomic E-state index is -1.72. The summed E-state index contributed by atoms with van der Waals surface area (Å²) in [4.78, 5) is 0. The zero-order valence-electron chi connectivity index (χ0n) is 6.86.